The summed E-state index contributed by atoms with van der Waals surface area (Å²) in [5, 5.41) is 0. The lowest BCUT2D eigenvalue weighted by Gasteiger charge is -2.07. The maximum atomic E-state index is 13.0. The topological polar surface area (TPSA) is 73.1 Å². The van der Waals surface area contributed by atoms with Crippen LogP contribution in [0.3, 0.4) is 0 Å². The Morgan fingerprint density at radius 3 is 2.94 bits per heavy atom. The van der Waals surface area contributed by atoms with Crippen molar-refractivity contribution in [1.29, 1.82) is 0 Å². The van der Waals surface area contributed by atoms with Gasteiger partial charge in [-0.2, -0.15) is 4.98 Å². The lowest BCUT2D eigenvalue weighted by molar-refractivity contribution is 0.454. The number of nitrogens with two attached hydrogens (primary N) is 1. The van der Waals surface area contributed by atoms with Crippen molar-refractivity contribution in [2.24, 2.45) is 5.84 Å². The minimum Gasteiger partial charge on any atom is -0.438 e. The van der Waals surface area contributed by atoms with E-state index in [1.807, 2.05) is 0 Å². The summed E-state index contributed by atoms with van der Waals surface area (Å²) in [6, 6.07) is 5.74. The third-order valence-electron chi connectivity index (χ3n) is 1.85. The first-order valence-corrected chi connectivity index (χ1v) is 5.41. The molecular weight excluding hydrogens is 291 g/mol. The van der Waals surface area contributed by atoms with Crippen molar-refractivity contribution in [2.75, 3.05) is 5.43 Å². The van der Waals surface area contributed by atoms with Crippen LogP contribution in [0.5, 0.6) is 11.6 Å². The Labute approximate surface area is 105 Å². The highest BCUT2D eigenvalue weighted by Crippen LogP contribution is 2.27. The van der Waals surface area contributed by atoms with Gasteiger partial charge in [0.05, 0.1) is 10.7 Å². The highest BCUT2D eigenvalue weighted by Gasteiger charge is 2.07. The molecule has 0 amide bonds. The predicted octanol–water partition coefficient (Wildman–Crippen LogP) is 2.46. The standard InChI is InChI=1S/C10H8BrFN4O/c11-8-5-14-10(16-13)15-9(8)17-7-3-1-2-6(12)4-7/h1-5H,13H2,(H,14,15,16). The average Bonchev–Trinajstić information content (AvgIpc) is 2.32. The summed E-state index contributed by atoms with van der Waals surface area (Å²) in [4.78, 5) is 7.85. The van der Waals surface area contributed by atoms with Crippen LogP contribution in [0, 0.1) is 5.82 Å². The van der Waals surface area contributed by atoms with Crippen LogP contribution in [-0.2, 0) is 0 Å². The van der Waals surface area contributed by atoms with E-state index in [-0.39, 0.29) is 17.6 Å². The highest BCUT2D eigenvalue weighted by molar-refractivity contribution is 9.10. The van der Waals surface area contributed by atoms with Gasteiger partial charge in [0.2, 0.25) is 11.8 Å². The molecule has 0 aliphatic carbocycles. The van der Waals surface area contributed by atoms with Gasteiger partial charge >= 0.3 is 0 Å². The fourth-order valence-electron chi connectivity index (χ4n) is 1.13. The van der Waals surface area contributed by atoms with E-state index >= 15 is 0 Å². The highest BCUT2D eigenvalue weighted by atomic mass is 79.9. The average molecular weight is 299 g/mol. The summed E-state index contributed by atoms with van der Waals surface area (Å²) in [6.07, 6.45) is 1.48. The van der Waals surface area contributed by atoms with E-state index in [4.69, 9.17) is 10.6 Å². The van der Waals surface area contributed by atoms with Crippen LogP contribution in [0.4, 0.5) is 10.3 Å². The maximum Gasteiger partial charge on any atom is 0.240 e. The lowest BCUT2D eigenvalue weighted by Crippen LogP contribution is -2.10. The van der Waals surface area contributed by atoms with Gasteiger partial charge in [-0.15, -0.1) is 0 Å². The van der Waals surface area contributed by atoms with Crippen LogP contribution in [0.2, 0.25) is 0 Å². The molecule has 1 aromatic heterocycles. The zero-order valence-electron chi connectivity index (χ0n) is 8.52. The van der Waals surface area contributed by atoms with Crippen molar-refractivity contribution in [1.82, 2.24) is 9.97 Å². The zero-order chi connectivity index (χ0) is 12.3. The molecule has 0 atom stereocenters. The summed E-state index contributed by atoms with van der Waals surface area (Å²) in [7, 11) is 0. The quantitative estimate of drug-likeness (QED) is 0.673. The molecule has 88 valence electrons. The molecule has 17 heavy (non-hydrogen) atoms. The van der Waals surface area contributed by atoms with E-state index in [1.165, 1.54) is 18.3 Å². The Hall–Kier alpha value is -1.73. The van der Waals surface area contributed by atoms with E-state index in [0.29, 0.717) is 10.2 Å². The molecule has 0 saturated heterocycles. The van der Waals surface area contributed by atoms with Crippen LogP contribution in [0.15, 0.2) is 34.9 Å². The first-order chi connectivity index (χ1) is 8.19. The molecule has 3 N–H and O–H groups in total. The number of hydrazine groups is 1. The van der Waals surface area contributed by atoms with Crippen molar-refractivity contribution in [3.05, 3.63) is 40.8 Å². The molecule has 2 rings (SSSR count). The van der Waals surface area contributed by atoms with Crippen molar-refractivity contribution >= 4 is 21.9 Å². The summed E-state index contributed by atoms with van der Waals surface area (Å²) < 4.78 is 18.9. The second-order valence-electron chi connectivity index (χ2n) is 3.05. The smallest absolute Gasteiger partial charge is 0.240 e. The van der Waals surface area contributed by atoms with Gasteiger partial charge in [-0.05, 0) is 28.1 Å². The molecule has 0 aliphatic heterocycles. The largest absolute Gasteiger partial charge is 0.438 e. The molecule has 0 spiro atoms. The summed E-state index contributed by atoms with van der Waals surface area (Å²) in [5.41, 5.74) is 2.29. The number of nitrogens with zero attached hydrogens (tertiary/aromatic N) is 2. The number of hydrogen-bond acceptors (Lipinski definition) is 5. The van der Waals surface area contributed by atoms with Gasteiger partial charge in [-0.3, -0.25) is 5.43 Å². The lowest BCUT2D eigenvalue weighted by atomic mass is 10.3. The van der Waals surface area contributed by atoms with Crippen molar-refractivity contribution < 1.29 is 9.13 Å². The molecule has 0 radical (unpaired) electrons. The fourth-order valence-corrected chi connectivity index (χ4v) is 1.41. The molecule has 0 bridgehead atoms. The number of hydrogen-bond donors (Lipinski definition) is 2. The van der Waals surface area contributed by atoms with Gasteiger partial charge < -0.3 is 4.74 Å². The first-order valence-electron chi connectivity index (χ1n) is 4.61. The normalized spacial score (nSPS) is 10.1. The molecule has 7 heteroatoms. The minimum atomic E-state index is -0.384. The number of rotatable bonds is 3. The Morgan fingerprint density at radius 2 is 2.24 bits per heavy atom. The van der Waals surface area contributed by atoms with Gasteiger partial charge in [0.1, 0.15) is 11.6 Å². The second-order valence-corrected chi connectivity index (χ2v) is 3.90. The van der Waals surface area contributed by atoms with E-state index in [2.05, 4.69) is 31.3 Å². The molecular formula is C10H8BrFN4O. The Bertz CT molecular complexity index is 537. The number of halogens is 2. The van der Waals surface area contributed by atoms with Crippen molar-refractivity contribution in [3.63, 3.8) is 0 Å². The van der Waals surface area contributed by atoms with Gasteiger partial charge in [-0.25, -0.2) is 15.2 Å². The van der Waals surface area contributed by atoms with E-state index in [9.17, 15) is 4.39 Å². The third kappa shape index (κ3) is 2.89. The van der Waals surface area contributed by atoms with Crippen molar-refractivity contribution in [3.8, 4) is 11.6 Å². The summed E-state index contributed by atoms with van der Waals surface area (Å²) in [6.45, 7) is 0. The van der Waals surface area contributed by atoms with Crippen molar-refractivity contribution in [2.45, 2.75) is 0 Å². The molecule has 5 nitrogen and oxygen atoms in total. The number of benzene rings is 1. The van der Waals surface area contributed by atoms with Crippen LogP contribution < -0.4 is 16.0 Å². The third-order valence-corrected chi connectivity index (χ3v) is 2.40. The summed E-state index contributed by atoms with van der Waals surface area (Å²) in [5.74, 6) is 5.59. The van der Waals surface area contributed by atoms with Crippen LogP contribution >= 0.6 is 15.9 Å². The van der Waals surface area contributed by atoms with Gasteiger partial charge in [0.15, 0.2) is 0 Å². The van der Waals surface area contributed by atoms with Gasteiger partial charge in [-0.1, -0.05) is 6.07 Å². The number of nitrogens with one attached hydrogen (secondary N) is 1. The van der Waals surface area contributed by atoms with Crippen LogP contribution in [-0.4, -0.2) is 9.97 Å². The number of anilines is 1. The van der Waals surface area contributed by atoms with Crippen LogP contribution in [0.1, 0.15) is 0 Å². The number of nitrogen functional groups attached to an aromatic ring is 1. The van der Waals surface area contributed by atoms with Gasteiger partial charge in [0.25, 0.3) is 0 Å². The monoisotopic (exact) mass is 298 g/mol. The Balaban J connectivity index is 2.29. The molecule has 0 unspecified atom stereocenters. The Kier molecular flexibility index (Phi) is 3.50. The molecule has 2 aromatic rings. The zero-order valence-corrected chi connectivity index (χ0v) is 10.1. The molecule has 0 aliphatic rings. The van der Waals surface area contributed by atoms with Gasteiger partial charge in [0, 0.05) is 6.07 Å². The SMILES string of the molecule is NNc1ncc(Br)c(Oc2cccc(F)c2)n1. The molecule has 1 aromatic carbocycles. The van der Waals surface area contributed by atoms with Crippen LogP contribution in [0.25, 0.3) is 0 Å². The first kappa shape index (κ1) is 11.7. The minimum absolute atomic E-state index is 0.208. The van der Waals surface area contributed by atoms with E-state index in [1.54, 1.807) is 12.1 Å². The Morgan fingerprint density at radius 1 is 1.41 bits per heavy atom. The maximum absolute atomic E-state index is 13.0. The molecule has 1 heterocycles. The molecule has 0 fully saturated rings. The number of aromatic nitrogens is 2. The summed E-state index contributed by atoms with van der Waals surface area (Å²) >= 11 is 3.22. The van der Waals surface area contributed by atoms with E-state index < -0.39 is 0 Å². The fraction of sp³-hybridized carbons (Fsp3) is 0. The number of ether oxygens (including phenoxy) is 1. The second kappa shape index (κ2) is 5.07. The predicted molar refractivity (Wildman–Crippen MR) is 64.0 cm³/mol. The molecule has 0 saturated carbocycles. The van der Waals surface area contributed by atoms with E-state index in [0.717, 1.165) is 0 Å².